The molecule has 2 heterocycles. The van der Waals surface area contributed by atoms with Crippen molar-refractivity contribution in [1.82, 2.24) is 10.3 Å². The van der Waals surface area contributed by atoms with Crippen LogP contribution in [0, 0.1) is 12.7 Å². The average molecular weight is 371 g/mol. The molecule has 0 aliphatic carbocycles. The number of nitrogens with zero attached hydrogens (tertiary/aromatic N) is 2. The summed E-state index contributed by atoms with van der Waals surface area (Å²) in [6.45, 7) is 7.42. The molecule has 1 aromatic heterocycles. The lowest BCUT2D eigenvalue weighted by Gasteiger charge is -2.29. The van der Waals surface area contributed by atoms with Gasteiger partial charge in [-0.25, -0.2) is 9.37 Å². The van der Waals surface area contributed by atoms with E-state index in [0.717, 1.165) is 48.6 Å². The second-order valence-electron chi connectivity index (χ2n) is 6.78. The van der Waals surface area contributed by atoms with E-state index in [1.54, 1.807) is 12.1 Å². The number of aryl methyl sites for hydroxylation is 2. The Balaban J connectivity index is 1.79. The quantitative estimate of drug-likeness (QED) is 0.847. The zero-order valence-electron chi connectivity index (χ0n) is 15.9. The van der Waals surface area contributed by atoms with Gasteiger partial charge in [-0.05, 0) is 42.7 Å². The van der Waals surface area contributed by atoms with Crippen LogP contribution in [-0.4, -0.2) is 37.2 Å². The van der Waals surface area contributed by atoms with Crippen LogP contribution >= 0.6 is 0 Å². The molecule has 0 radical (unpaired) electrons. The number of anilines is 1. The summed E-state index contributed by atoms with van der Waals surface area (Å²) in [5.74, 6) is 0.490. The molecule has 2 aromatic rings. The van der Waals surface area contributed by atoms with E-state index in [1.807, 2.05) is 13.0 Å². The van der Waals surface area contributed by atoms with Crippen molar-refractivity contribution in [3.05, 3.63) is 58.5 Å². The first kappa shape index (κ1) is 19.3. The van der Waals surface area contributed by atoms with Crippen LogP contribution in [0.15, 0.2) is 30.3 Å². The SMILES string of the molecule is CCCc1nc(N2CCOCC2)cc(C)c1C(=O)NCc1ccc(F)cc1. The molecule has 0 spiro atoms. The number of rotatable bonds is 6. The van der Waals surface area contributed by atoms with Crippen molar-refractivity contribution in [2.24, 2.45) is 0 Å². The molecule has 0 bridgehead atoms. The molecule has 144 valence electrons. The van der Waals surface area contributed by atoms with Crippen LogP contribution in [0.5, 0.6) is 0 Å². The van der Waals surface area contributed by atoms with E-state index in [9.17, 15) is 9.18 Å². The lowest BCUT2D eigenvalue weighted by molar-refractivity contribution is 0.0948. The number of ether oxygens (including phenoxy) is 1. The van der Waals surface area contributed by atoms with Gasteiger partial charge in [0.25, 0.3) is 5.91 Å². The Kier molecular flexibility index (Phi) is 6.40. The fourth-order valence-corrected chi connectivity index (χ4v) is 3.28. The minimum Gasteiger partial charge on any atom is -0.378 e. The maximum Gasteiger partial charge on any atom is 0.253 e. The third kappa shape index (κ3) is 4.83. The van der Waals surface area contributed by atoms with Crippen molar-refractivity contribution in [2.75, 3.05) is 31.2 Å². The average Bonchev–Trinajstić information content (AvgIpc) is 2.68. The second kappa shape index (κ2) is 8.95. The van der Waals surface area contributed by atoms with Gasteiger partial charge in [0.05, 0.1) is 24.5 Å². The number of carbonyl (C=O) groups excluding carboxylic acids is 1. The Bertz CT molecular complexity index is 787. The van der Waals surface area contributed by atoms with E-state index in [1.165, 1.54) is 12.1 Å². The summed E-state index contributed by atoms with van der Waals surface area (Å²) in [5.41, 5.74) is 3.26. The summed E-state index contributed by atoms with van der Waals surface area (Å²) >= 11 is 0. The van der Waals surface area contributed by atoms with E-state index in [0.29, 0.717) is 25.3 Å². The molecule has 6 heteroatoms. The molecule has 1 amide bonds. The van der Waals surface area contributed by atoms with Gasteiger partial charge in [0.2, 0.25) is 0 Å². The maximum atomic E-state index is 13.0. The highest BCUT2D eigenvalue weighted by atomic mass is 19.1. The van der Waals surface area contributed by atoms with E-state index in [4.69, 9.17) is 9.72 Å². The lowest BCUT2D eigenvalue weighted by Crippen LogP contribution is -2.37. The minimum atomic E-state index is -0.283. The Morgan fingerprint density at radius 3 is 2.63 bits per heavy atom. The number of morpholine rings is 1. The number of carbonyl (C=O) groups is 1. The number of nitrogens with one attached hydrogen (secondary N) is 1. The minimum absolute atomic E-state index is 0.138. The zero-order valence-corrected chi connectivity index (χ0v) is 15.9. The molecule has 1 fully saturated rings. The molecule has 1 aromatic carbocycles. The van der Waals surface area contributed by atoms with Crippen LogP contribution in [0.1, 0.15) is 40.5 Å². The van der Waals surface area contributed by atoms with Gasteiger partial charge < -0.3 is 15.0 Å². The predicted molar refractivity (Wildman–Crippen MR) is 104 cm³/mol. The molecular formula is C21H26FN3O2. The van der Waals surface area contributed by atoms with Crippen molar-refractivity contribution in [3.8, 4) is 0 Å². The van der Waals surface area contributed by atoms with Crippen LogP contribution in [0.25, 0.3) is 0 Å². The van der Waals surface area contributed by atoms with Crippen molar-refractivity contribution in [3.63, 3.8) is 0 Å². The molecule has 1 aliphatic rings. The van der Waals surface area contributed by atoms with Gasteiger partial charge >= 0.3 is 0 Å². The van der Waals surface area contributed by atoms with E-state index >= 15 is 0 Å². The van der Waals surface area contributed by atoms with Gasteiger partial charge in [0, 0.05) is 19.6 Å². The van der Waals surface area contributed by atoms with E-state index in [-0.39, 0.29) is 11.7 Å². The summed E-state index contributed by atoms with van der Waals surface area (Å²) < 4.78 is 18.4. The van der Waals surface area contributed by atoms with Crippen LogP contribution in [0.4, 0.5) is 10.2 Å². The fourth-order valence-electron chi connectivity index (χ4n) is 3.28. The molecule has 1 aliphatic heterocycles. The molecule has 0 unspecified atom stereocenters. The van der Waals surface area contributed by atoms with Gasteiger partial charge in [0.15, 0.2) is 0 Å². The molecule has 0 atom stereocenters. The lowest BCUT2D eigenvalue weighted by atomic mass is 10.0. The molecule has 1 N–H and O–H groups in total. The Labute approximate surface area is 159 Å². The normalized spacial score (nSPS) is 14.3. The van der Waals surface area contributed by atoms with E-state index in [2.05, 4.69) is 17.1 Å². The van der Waals surface area contributed by atoms with Crippen molar-refractivity contribution in [1.29, 1.82) is 0 Å². The van der Waals surface area contributed by atoms with Crippen LogP contribution in [0.3, 0.4) is 0 Å². The summed E-state index contributed by atoms with van der Waals surface area (Å²) in [6, 6.07) is 8.13. The zero-order chi connectivity index (χ0) is 19.2. The highest BCUT2D eigenvalue weighted by Crippen LogP contribution is 2.22. The molecule has 5 nitrogen and oxygen atoms in total. The number of halogens is 1. The molecule has 0 saturated carbocycles. The third-order valence-electron chi connectivity index (χ3n) is 4.69. The Hall–Kier alpha value is -2.47. The highest BCUT2D eigenvalue weighted by molar-refractivity contribution is 5.97. The number of aromatic nitrogens is 1. The standard InChI is InChI=1S/C21H26FN3O2/c1-3-4-18-20(21(26)23-14-16-5-7-17(22)8-6-16)15(2)13-19(24-18)25-9-11-27-12-10-25/h5-8,13H,3-4,9-12,14H2,1-2H3,(H,23,26). The Morgan fingerprint density at radius 1 is 1.26 bits per heavy atom. The van der Waals surface area contributed by atoms with Crippen molar-refractivity contribution in [2.45, 2.75) is 33.2 Å². The summed E-state index contributed by atoms with van der Waals surface area (Å²) in [4.78, 5) is 19.8. The summed E-state index contributed by atoms with van der Waals surface area (Å²) in [6.07, 6.45) is 1.66. The smallest absolute Gasteiger partial charge is 0.253 e. The van der Waals surface area contributed by atoms with Crippen molar-refractivity contribution < 1.29 is 13.9 Å². The van der Waals surface area contributed by atoms with Gasteiger partial charge in [-0.15, -0.1) is 0 Å². The van der Waals surface area contributed by atoms with Gasteiger partial charge in [-0.1, -0.05) is 25.5 Å². The van der Waals surface area contributed by atoms with Crippen LogP contribution in [-0.2, 0) is 17.7 Å². The van der Waals surface area contributed by atoms with Crippen LogP contribution < -0.4 is 10.2 Å². The van der Waals surface area contributed by atoms with Crippen molar-refractivity contribution >= 4 is 11.7 Å². The number of benzene rings is 1. The fraction of sp³-hybridized carbons (Fsp3) is 0.429. The topological polar surface area (TPSA) is 54.5 Å². The first-order chi connectivity index (χ1) is 13.1. The maximum absolute atomic E-state index is 13.0. The largest absolute Gasteiger partial charge is 0.378 e. The van der Waals surface area contributed by atoms with Crippen LogP contribution in [0.2, 0.25) is 0 Å². The molecule has 1 saturated heterocycles. The number of hydrogen-bond acceptors (Lipinski definition) is 4. The van der Waals surface area contributed by atoms with Gasteiger partial charge in [-0.3, -0.25) is 4.79 Å². The second-order valence-corrected chi connectivity index (χ2v) is 6.78. The summed E-state index contributed by atoms with van der Waals surface area (Å²) in [5, 5.41) is 2.94. The molecule has 27 heavy (non-hydrogen) atoms. The van der Waals surface area contributed by atoms with E-state index < -0.39 is 0 Å². The highest BCUT2D eigenvalue weighted by Gasteiger charge is 2.20. The molecular weight excluding hydrogens is 345 g/mol. The number of amides is 1. The molecule has 3 rings (SSSR count). The predicted octanol–water partition coefficient (Wildman–Crippen LogP) is 3.25. The van der Waals surface area contributed by atoms with Gasteiger partial charge in [-0.2, -0.15) is 0 Å². The summed E-state index contributed by atoms with van der Waals surface area (Å²) in [7, 11) is 0. The third-order valence-corrected chi connectivity index (χ3v) is 4.69. The van der Waals surface area contributed by atoms with Gasteiger partial charge in [0.1, 0.15) is 11.6 Å². The monoisotopic (exact) mass is 371 g/mol. The number of pyridine rings is 1. The number of hydrogen-bond donors (Lipinski definition) is 1. The first-order valence-electron chi connectivity index (χ1n) is 9.44. The first-order valence-corrected chi connectivity index (χ1v) is 9.44. The Morgan fingerprint density at radius 2 is 1.96 bits per heavy atom.